The molecule has 7 nitrogen and oxygen atoms in total. The first-order valence-electron chi connectivity index (χ1n) is 9.25. The lowest BCUT2D eigenvalue weighted by molar-refractivity contribution is 0.0945. The lowest BCUT2D eigenvalue weighted by atomic mass is 10.2. The third-order valence-corrected chi connectivity index (χ3v) is 5.30. The number of hydrogen-bond donors (Lipinski definition) is 1. The molecule has 0 unspecified atom stereocenters. The summed E-state index contributed by atoms with van der Waals surface area (Å²) in [5.74, 6) is 0.348. The summed E-state index contributed by atoms with van der Waals surface area (Å²) >= 11 is 12.3. The summed E-state index contributed by atoms with van der Waals surface area (Å²) in [7, 11) is 0. The highest BCUT2D eigenvalue weighted by atomic mass is 35.5. The molecule has 0 aliphatic heterocycles. The van der Waals surface area contributed by atoms with Crippen LogP contribution in [0.5, 0.6) is 5.75 Å². The Morgan fingerprint density at radius 1 is 1.17 bits per heavy atom. The smallest absolute Gasteiger partial charge is 0.271 e. The van der Waals surface area contributed by atoms with Gasteiger partial charge in [-0.3, -0.25) is 9.48 Å². The monoisotopic (exact) mass is 435 g/mol. The zero-order valence-corrected chi connectivity index (χ0v) is 18.1. The van der Waals surface area contributed by atoms with Crippen molar-refractivity contribution in [1.29, 1.82) is 0 Å². The SMILES string of the molecule is Cc1ccc(Cl)c(OCn2ccc(C(=O)NCCCn3nc(C)c(Cl)c3C)n2)c1. The highest BCUT2D eigenvalue weighted by Crippen LogP contribution is 2.25. The van der Waals surface area contributed by atoms with Crippen molar-refractivity contribution in [2.24, 2.45) is 0 Å². The molecule has 0 fully saturated rings. The van der Waals surface area contributed by atoms with Crippen LogP contribution in [0.15, 0.2) is 30.5 Å². The second-order valence-electron chi connectivity index (χ2n) is 6.77. The van der Waals surface area contributed by atoms with Gasteiger partial charge in [0.15, 0.2) is 6.73 Å². The molecule has 0 radical (unpaired) electrons. The molecule has 3 rings (SSSR count). The molecule has 1 aromatic carbocycles. The average Bonchev–Trinajstić information content (AvgIpc) is 3.27. The molecule has 1 N–H and O–H groups in total. The Hall–Kier alpha value is -2.51. The number of halogens is 2. The van der Waals surface area contributed by atoms with E-state index in [4.69, 9.17) is 27.9 Å². The third kappa shape index (κ3) is 5.31. The van der Waals surface area contributed by atoms with E-state index < -0.39 is 0 Å². The van der Waals surface area contributed by atoms with E-state index in [0.29, 0.717) is 34.6 Å². The summed E-state index contributed by atoms with van der Waals surface area (Å²) in [4.78, 5) is 12.3. The molecule has 0 aliphatic carbocycles. The predicted octanol–water partition coefficient (Wildman–Crippen LogP) is 4.17. The third-order valence-electron chi connectivity index (χ3n) is 4.44. The van der Waals surface area contributed by atoms with Crippen molar-refractivity contribution in [3.8, 4) is 5.75 Å². The Morgan fingerprint density at radius 3 is 2.69 bits per heavy atom. The highest BCUT2D eigenvalue weighted by Gasteiger charge is 2.11. The predicted molar refractivity (Wildman–Crippen MR) is 113 cm³/mol. The van der Waals surface area contributed by atoms with Gasteiger partial charge in [0.25, 0.3) is 5.91 Å². The van der Waals surface area contributed by atoms with Crippen LogP contribution in [0.4, 0.5) is 0 Å². The molecule has 2 aromatic heterocycles. The summed E-state index contributed by atoms with van der Waals surface area (Å²) in [5, 5.41) is 12.7. The molecule has 1 amide bonds. The van der Waals surface area contributed by atoms with Crippen molar-refractivity contribution >= 4 is 29.1 Å². The normalized spacial score (nSPS) is 10.9. The van der Waals surface area contributed by atoms with Crippen molar-refractivity contribution in [3.63, 3.8) is 0 Å². The molecule has 154 valence electrons. The summed E-state index contributed by atoms with van der Waals surface area (Å²) in [5.41, 5.74) is 3.13. The first kappa shape index (κ1) is 21.2. The molecule has 0 spiro atoms. The molecular formula is C20H23Cl2N5O2. The number of aryl methyl sites for hydroxylation is 3. The molecular weight excluding hydrogens is 413 g/mol. The number of carbonyl (C=O) groups is 1. The van der Waals surface area contributed by atoms with E-state index in [2.05, 4.69) is 15.5 Å². The summed E-state index contributed by atoms with van der Waals surface area (Å²) < 4.78 is 9.08. The van der Waals surface area contributed by atoms with E-state index in [9.17, 15) is 4.79 Å². The maximum Gasteiger partial charge on any atom is 0.271 e. The largest absolute Gasteiger partial charge is 0.470 e. The second-order valence-corrected chi connectivity index (χ2v) is 7.55. The molecule has 2 heterocycles. The number of rotatable bonds is 8. The van der Waals surface area contributed by atoms with Crippen LogP contribution >= 0.6 is 23.2 Å². The van der Waals surface area contributed by atoms with Gasteiger partial charge >= 0.3 is 0 Å². The lowest BCUT2D eigenvalue weighted by Gasteiger charge is -2.09. The minimum absolute atomic E-state index is 0.162. The van der Waals surface area contributed by atoms with Crippen LogP contribution in [-0.2, 0) is 13.3 Å². The van der Waals surface area contributed by atoms with Gasteiger partial charge in [-0.2, -0.15) is 10.2 Å². The standard InChI is InChI=1S/C20H23Cl2N5O2/c1-13-5-6-16(21)18(11-13)29-12-26-10-7-17(25-26)20(28)23-8-4-9-27-15(3)19(22)14(2)24-27/h5-7,10-11H,4,8-9,12H2,1-3H3,(H,23,28). The second kappa shape index (κ2) is 9.33. The van der Waals surface area contributed by atoms with Gasteiger partial charge in [-0.05, 0) is 51.0 Å². The van der Waals surface area contributed by atoms with E-state index >= 15 is 0 Å². The van der Waals surface area contributed by atoms with Crippen LogP contribution in [-0.4, -0.2) is 32.0 Å². The van der Waals surface area contributed by atoms with Crippen molar-refractivity contribution in [3.05, 3.63) is 63.2 Å². The van der Waals surface area contributed by atoms with Crippen LogP contribution in [0.2, 0.25) is 10.0 Å². The fraction of sp³-hybridized carbons (Fsp3) is 0.350. The van der Waals surface area contributed by atoms with E-state index in [-0.39, 0.29) is 12.6 Å². The lowest BCUT2D eigenvalue weighted by Crippen LogP contribution is -2.26. The highest BCUT2D eigenvalue weighted by molar-refractivity contribution is 6.32. The van der Waals surface area contributed by atoms with Crippen molar-refractivity contribution < 1.29 is 9.53 Å². The van der Waals surface area contributed by atoms with Gasteiger partial charge in [-0.15, -0.1) is 0 Å². The van der Waals surface area contributed by atoms with Gasteiger partial charge in [0.1, 0.15) is 11.4 Å². The Bertz CT molecular complexity index is 1010. The maximum absolute atomic E-state index is 12.3. The first-order chi connectivity index (χ1) is 13.8. The van der Waals surface area contributed by atoms with Gasteiger partial charge in [0.05, 0.1) is 21.4 Å². The quantitative estimate of drug-likeness (QED) is 0.538. The van der Waals surface area contributed by atoms with Crippen LogP contribution in [0, 0.1) is 20.8 Å². The van der Waals surface area contributed by atoms with Crippen molar-refractivity contribution in [2.75, 3.05) is 6.54 Å². The van der Waals surface area contributed by atoms with E-state index in [1.165, 1.54) is 0 Å². The van der Waals surface area contributed by atoms with Crippen molar-refractivity contribution in [2.45, 2.75) is 40.5 Å². The van der Waals surface area contributed by atoms with Crippen LogP contribution in [0.25, 0.3) is 0 Å². The number of nitrogens with zero attached hydrogens (tertiary/aromatic N) is 4. The number of ether oxygens (including phenoxy) is 1. The molecule has 3 aromatic rings. The number of nitrogens with one attached hydrogen (secondary N) is 1. The summed E-state index contributed by atoms with van der Waals surface area (Å²) in [6.45, 7) is 7.12. The topological polar surface area (TPSA) is 74.0 Å². The van der Waals surface area contributed by atoms with E-state index in [1.807, 2.05) is 37.6 Å². The van der Waals surface area contributed by atoms with E-state index in [1.54, 1.807) is 23.0 Å². The molecule has 0 saturated heterocycles. The average molecular weight is 436 g/mol. The molecule has 0 saturated carbocycles. The Morgan fingerprint density at radius 2 is 1.97 bits per heavy atom. The fourth-order valence-electron chi connectivity index (χ4n) is 2.83. The molecule has 29 heavy (non-hydrogen) atoms. The molecule has 0 atom stereocenters. The number of amides is 1. The minimum atomic E-state index is -0.233. The van der Waals surface area contributed by atoms with Gasteiger partial charge < -0.3 is 10.1 Å². The first-order valence-corrected chi connectivity index (χ1v) is 10.0. The zero-order valence-electron chi connectivity index (χ0n) is 16.6. The van der Waals surface area contributed by atoms with Crippen LogP contribution < -0.4 is 10.1 Å². The number of benzene rings is 1. The minimum Gasteiger partial charge on any atom is -0.470 e. The molecule has 9 heteroatoms. The van der Waals surface area contributed by atoms with Crippen LogP contribution in [0.1, 0.15) is 33.9 Å². The van der Waals surface area contributed by atoms with E-state index in [0.717, 1.165) is 23.4 Å². The van der Waals surface area contributed by atoms with Gasteiger partial charge in [0, 0.05) is 19.3 Å². The van der Waals surface area contributed by atoms with Gasteiger partial charge in [0.2, 0.25) is 0 Å². The summed E-state index contributed by atoms with van der Waals surface area (Å²) in [6.07, 6.45) is 2.43. The van der Waals surface area contributed by atoms with Gasteiger partial charge in [-0.25, -0.2) is 4.68 Å². The molecule has 0 aliphatic rings. The molecule has 0 bridgehead atoms. The number of aromatic nitrogens is 4. The van der Waals surface area contributed by atoms with Gasteiger partial charge in [-0.1, -0.05) is 29.3 Å². The Labute approximate surface area is 179 Å². The van der Waals surface area contributed by atoms with Crippen LogP contribution in [0.3, 0.4) is 0 Å². The fourth-order valence-corrected chi connectivity index (χ4v) is 3.13. The van der Waals surface area contributed by atoms with Crippen molar-refractivity contribution in [1.82, 2.24) is 24.9 Å². The summed E-state index contributed by atoms with van der Waals surface area (Å²) in [6, 6.07) is 7.20. The Kier molecular flexibility index (Phi) is 6.82. The number of hydrogen-bond acceptors (Lipinski definition) is 4. The maximum atomic E-state index is 12.3. The number of carbonyl (C=O) groups excluding carboxylic acids is 1. The Balaban J connectivity index is 1.46. The zero-order chi connectivity index (χ0) is 21.0.